The van der Waals surface area contributed by atoms with Crippen LogP contribution in [-0.4, -0.2) is 29.1 Å². The number of hydrogen-bond acceptors (Lipinski definition) is 3. The fourth-order valence-corrected chi connectivity index (χ4v) is 5.04. The number of halogens is 2. The van der Waals surface area contributed by atoms with Gasteiger partial charge in [0.15, 0.2) is 0 Å². The zero-order valence-electron chi connectivity index (χ0n) is 21.4. The molecule has 0 bridgehead atoms. The number of aryl methyl sites for hydroxylation is 2. The van der Waals surface area contributed by atoms with Gasteiger partial charge in [0.1, 0.15) is 11.6 Å². The molecule has 3 aromatic carbocycles. The maximum Gasteiger partial charge on any atom is 0.325 e. The van der Waals surface area contributed by atoms with Crippen LogP contribution in [0.25, 0.3) is 0 Å². The van der Waals surface area contributed by atoms with Gasteiger partial charge < -0.3 is 19.8 Å². The van der Waals surface area contributed by atoms with Crippen LogP contribution in [0.1, 0.15) is 53.0 Å². The Morgan fingerprint density at radius 3 is 2.43 bits per heavy atom. The Hall–Kier alpha value is -2.21. The highest BCUT2D eigenvalue weighted by atomic mass is 35.5. The molecule has 0 aliphatic carbocycles. The third kappa shape index (κ3) is 9.88. The molecule has 8 heteroatoms. The van der Waals surface area contributed by atoms with Crippen LogP contribution in [0.15, 0.2) is 60.7 Å². The van der Waals surface area contributed by atoms with E-state index in [9.17, 15) is 8.96 Å². The van der Waals surface area contributed by atoms with E-state index in [1.54, 1.807) is 12.1 Å². The first-order valence-electron chi connectivity index (χ1n) is 12.6. The van der Waals surface area contributed by atoms with E-state index >= 15 is 0 Å². The highest BCUT2D eigenvalue weighted by molar-refractivity contribution is 7.51. The van der Waals surface area contributed by atoms with E-state index in [2.05, 4.69) is 37.4 Å². The van der Waals surface area contributed by atoms with Gasteiger partial charge in [0.25, 0.3) is 0 Å². The zero-order valence-corrected chi connectivity index (χ0v) is 23.1. The lowest BCUT2D eigenvalue weighted by Crippen LogP contribution is -2.15. The Morgan fingerprint density at radius 1 is 1.00 bits per heavy atom. The minimum atomic E-state index is -3.93. The summed E-state index contributed by atoms with van der Waals surface area (Å²) in [4.78, 5) is 17.8. The molecule has 5 nitrogen and oxygen atoms in total. The van der Waals surface area contributed by atoms with E-state index in [1.165, 1.54) is 16.7 Å². The second-order valence-electron chi connectivity index (χ2n) is 9.52. The molecule has 0 spiro atoms. The molecule has 1 unspecified atom stereocenters. The van der Waals surface area contributed by atoms with Crippen molar-refractivity contribution in [1.29, 1.82) is 0 Å². The van der Waals surface area contributed by atoms with Gasteiger partial charge in [-0.05, 0) is 98.0 Å². The molecule has 0 saturated heterocycles. The summed E-state index contributed by atoms with van der Waals surface area (Å²) in [5.74, 6) is 0.415. The second-order valence-corrected chi connectivity index (χ2v) is 11.7. The van der Waals surface area contributed by atoms with Crippen molar-refractivity contribution in [2.75, 3.05) is 19.3 Å². The summed E-state index contributed by atoms with van der Waals surface area (Å²) in [6.07, 6.45) is 2.58. The van der Waals surface area contributed by atoms with Crippen LogP contribution in [0, 0.1) is 19.7 Å². The SMILES string of the molecule is Cc1ccc(CC(CCCOc2ccc(CNCCCP(=O)(O)O)cc2)c2cccc(Cl)c2F)cc1C. The van der Waals surface area contributed by atoms with Gasteiger partial charge in [-0.25, -0.2) is 4.39 Å². The molecule has 0 amide bonds. The molecule has 0 radical (unpaired) electrons. The summed E-state index contributed by atoms with van der Waals surface area (Å²) in [7, 11) is -3.93. The first kappa shape index (κ1) is 29.3. The molecule has 3 aromatic rings. The molecule has 3 rings (SSSR count). The van der Waals surface area contributed by atoms with Crippen molar-refractivity contribution in [2.24, 2.45) is 0 Å². The Labute approximate surface area is 224 Å². The standard InChI is InChI=1S/C29H36ClFNO4P/c1-21-9-10-24(18-22(21)2)19-25(27-7-3-8-28(30)29(27)31)6-4-16-36-26-13-11-23(12-14-26)20-32-15-5-17-37(33,34)35/h3,7-14,18,25,32H,4-6,15-17,19-20H2,1-2H3,(H2,33,34,35). The maximum absolute atomic E-state index is 14.9. The summed E-state index contributed by atoms with van der Waals surface area (Å²) in [5, 5.41) is 3.33. The normalized spacial score (nSPS) is 12.5. The first-order chi connectivity index (χ1) is 17.6. The summed E-state index contributed by atoms with van der Waals surface area (Å²) in [6.45, 7) is 5.86. The molecule has 0 aromatic heterocycles. The van der Waals surface area contributed by atoms with Gasteiger partial charge >= 0.3 is 7.60 Å². The van der Waals surface area contributed by atoms with Gasteiger partial charge in [0.2, 0.25) is 0 Å². The predicted molar refractivity (Wildman–Crippen MR) is 148 cm³/mol. The fourth-order valence-electron chi connectivity index (χ4n) is 4.28. The van der Waals surface area contributed by atoms with Gasteiger partial charge in [-0.1, -0.05) is 54.1 Å². The van der Waals surface area contributed by atoms with Gasteiger partial charge in [0.05, 0.1) is 17.8 Å². The molecular formula is C29H36ClFNO4P. The van der Waals surface area contributed by atoms with Gasteiger partial charge in [-0.3, -0.25) is 4.57 Å². The summed E-state index contributed by atoms with van der Waals surface area (Å²) in [6, 6.07) is 19.4. The van der Waals surface area contributed by atoms with Crippen molar-refractivity contribution in [3.8, 4) is 5.75 Å². The number of nitrogens with one attached hydrogen (secondary N) is 1. The number of benzene rings is 3. The average molecular weight is 548 g/mol. The van der Waals surface area contributed by atoms with Gasteiger partial charge in [-0.2, -0.15) is 0 Å². The third-order valence-corrected chi connectivity index (χ3v) is 7.69. The van der Waals surface area contributed by atoms with Crippen LogP contribution < -0.4 is 10.1 Å². The monoisotopic (exact) mass is 547 g/mol. The number of hydrogen-bond donors (Lipinski definition) is 3. The van der Waals surface area contributed by atoms with Crippen molar-refractivity contribution < 1.29 is 23.5 Å². The van der Waals surface area contributed by atoms with Crippen molar-refractivity contribution >= 4 is 19.2 Å². The Morgan fingerprint density at radius 2 is 1.73 bits per heavy atom. The van der Waals surface area contributed by atoms with E-state index in [0.717, 1.165) is 30.6 Å². The fraction of sp³-hybridized carbons (Fsp3) is 0.379. The number of ether oxygens (including phenoxy) is 1. The lowest BCUT2D eigenvalue weighted by Gasteiger charge is -2.20. The topological polar surface area (TPSA) is 78.8 Å². The maximum atomic E-state index is 14.9. The molecule has 3 N–H and O–H groups in total. The molecular weight excluding hydrogens is 512 g/mol. The quantitative estimate of drug-likeness (QED) is 0.150. The lowest BCUT2D eigenvalue weighted by atomic mass is 9.87. The highest BCUT2D eigenvalue weighted by Crippen LogP contribution is 2.34. The minimum Gasteiger partial charge on any atom is -0.494 e. The minimum absolute atomic E-state index is 0.0107. The van der Waals surface area contributed by atoms with Crippen molar-refractivity contribution in [2.45, 2.75) is 52.0 Å². The van der Waals surface area contributed by atoms with Crippen molar-refractivity contribution in [3.63, 3.8) is 0 Å². The molecule has 0 saturated carbocycles. The van der Waals surface area contributed by atoms with Crippen LogP contribution >= 0.6 is 19.2 Å². The molecule has 37 heavy (non-hydrogen) atoms. The van der Waals surface area contributed by atoms with Gasteiger partial charge in [0, 0.05) is 6.54 Å². The van der Waals surface area contributed by atoms with E-state index in [0.29, 0.717) is 31.7 Å². The van der Waals surface area contributed by atoms with Crippen molar-refractivity contribution in [3.05, 3.63) is 99.3 Å². The molecule has 0 aliphatic heterocycles. The van der Waals surface area contributed by atoms with Crippen LogP contribution in [0.3, 0.4) is 0 Å². The summed E-state index contributed by atoms with van der Waals surface area (Å²) < 4.78 is 31.7. The smallest absolute Gasteiger partial charge is 0.325 e. The van der Waals surface area contributed by atoms with E-state index < -0.39 is 7.60 Å². The lowest BCUT2D eigenvalue weighted by molar-refractivity contribution is 0.300. The van der Waals surface area contributed by atoms with E-state index in [-0.39, 0.29) is 22.9 Å². The zero-order chi connectivity index (χ0) is 26.8. The molecule has 1 atom stereocenters. The molecule has 0 aliphatic rings. The number of rotatable bonds is 14. The predicted octanol–water partition coefficient (Wildman–Crippen LogP) is 6.94. The average Bonchev–Trinajstić information content (AvgIpc) is 2.85. The van der Waals surface area contributed by atoms with Gasteiger partial charge in [-0.15, -0.1) is 0 Å². The van der Waals surface area contributed by atoms with E-state index in [1.807, 2.05) is 30.3 Å². The summed E-state index contributed by atoms with van der Waals surface area (Å²) >= 11 is 6.09. The second kappa shape index (κ2) is 14.1. The third-order valence-electron chi connectivity index (χ3n) is 6.50. The highest BCUT2D eigenvalue weighted by Gasteiger charge is 2.19. The van der Waals surface area contributed by atoms with Crippen LogP contribution in [0.4, 0.5) is 4.39 Å². The van der Waals surface area contributed by atoms with Crippen LogP contribution in [0.2, 0.25) is 5.02 Å². The Balaban J connectivity index is 1.51. The van der Waals surface area contributed by atoms with E-state index in [4.69, 9.17) is 26.1 Å². The largest absolute Gasteiger partial charge is 0.494 e. The van der Waals surface area contributed by atoms with Crippen molar-refractivity contribution in [1.82, 2.24) is 5.32 Å². The summed E-state index contributed by atoms with van der Waals surface area (Å²) in [5.41, 5.74) is 5.35. The van der Waals surface area contributed by atoms with Crippen LogP contribution in [-0.2, 0) is 17.5 Å². The molecule has 200 valence electrons. The molecule has 0 heterocycles. The molecule has 0 fully saturated rings. The Bertz CT molecular complexity index is 1200. The first-order valence-corrected chi connectivity index (χ1v) is 14.8. The van der Waals surface area contributed by atoms with Crippen LogP contribution in [0.5, 0.6) is 5.75 Å². The Kier molecular flexibility index (Phi) is 11.2.